The van der Waals surface area contributed by atoms with E-state index in [1.807, 2.05) is 0 Å². The Morgan fingerprint density at radius 2 is 1.40 bits per heavy atom. The topological polar surface area (TPSA) is 144 Å². The van der Waals surface area contributed by atoms with E-state index < -0.39 is 44.2 Å². The summed E-state index contributed by atoms with van der Waals surface area (Å²) >= 11 is 6.08. The van der Waals surface area contributed by atoms with Crippen molar-refractivity contribution in [1.29, 1.82) is 0 Å². The Balaban J connectivity index is 2.97. The first kappa shape index (κ1) is 23.2. The van der Waals surface area contributed by atoms with Crippen LogP contribution in [0.3, 0.4) is 0 Å². The van der Waals surface area contributed by atoms with Crippen LogP contribution < -0.4 is 9.47 Å². The molecule has 0 bridgehead atoms. The van der Waals surface area contributed by atoms with Gasteiger partial charge in [0.1, 0.15) is 22.6 Å². The highest BCUT2D eigenvalue weighted by Gasteiger charge is 2.35. The Kier molecular flexibility index (Phi) is 6.43. The lowest BCUT2D eigenvalue weighted by Crippen LogP contribution is -2.20. The van der Waals surface area contributed by atoms with Crippen LogP contribution in [0.25, 0.3) is 0 Å². The molecule has 0 aliphatic carbocycles. The molecule has 0 aromatic heterocycles. The molecule has 0 fully saturated rings. The zero-order valence-electron chi connectivity index (χ0n) is 16.3. The van der Waals surface area contributed by atoms with E-state index in [1.165, 1.54) is 6.92 Å². The molecule has 0 spiro atoms. The molecule has 2 aromatic carbocycles. The van der Waals surface area contributed by atoms with Gasteiger partial charge < -0.3 is 19.7 Å². The van der Waals surface area contributed by atoms with E-state index in [0.717, 1.165) is 38.7 Å². The van der Waals surface area contributed by atoms with Crippen LogP contribution in [0.5, 0.6) is 11.5 Å². The first-order valence-electron chi connectivity index (χ1n) is 8.16. The molecule has 2 rings (SSSR count). The van der Waals surface area contributed by atoms with Crippen LogP contribution in [0, 0.1) is 6.92 Å². The van der Waals surface area contributed by atoms with Crippen LogP contribution in [-0.4, -0.2) is 56.8 Å². The third-order valence-electron chi connectivity index (χ3n) is 4.31. The summed E-state index contributed by atoms with van der Waals surface area (Å²) in [4.78, 5) is 37.0. The van der Waals surface area contributed by atoms with E-state index in [-0.39, 0.29) is 32.5 Å². The molecule has 0 radical (unpaired) electrons. The van der Waals surface area contributed by atoms with Gasteiger partial charge in [0.15, 0.2) is 15.6 Å². The standard InChI is InChI=1S/C19H17ClO9S/c1-8-16(28-2)13(18(22)23)12(14(19(24)25)17(8)29-3)15(21)10-6-5-9(7-11(10)20)30(4,26)27/h5-7H,1-4H3,(H,22,23)(H,24,25). The lowest BCUT2D eigenvalue weighted by molar-refractivity contribution is 0.0684. The third-order valence-corrected chi connectivity index (χ3v) is 5.73. The number of hydrogen-bond donors (Lipinski definition) is 2. The number of ketones is 1. The van der Waals surface area contributed by atoms with Crippen LogP contribution in [-0.2, 0) is 9.84 Å². The van der Waals surface area contributed by atoms with Gasteiger partial charge in [-0.05, 0) is 25.1 Å². The molecule has 160 valence electrons. The smallest absolute Gasteiger partial charge is 0.340 e. The minimum absolute atomic E-state index is 0.0740. The molecule has 2 aromatic rings. The number of ether oxygens (including phenoxy) is 2. The van der Waals surface area contributed by atoms with Gasteiger partial charge >= 0.3 is 11.9 Å². The van der Waals surface area contributed by atoms with E-state index in [9.17, 15) is 33.0 Å². The second-order valence-electron chi connectivity index (χ2n) is 6.17. The summed E-state index contributed by atoms with van der Waals surface area (Å²) < 4.78 is 33.6. The molecule has 2 N–H and O–H groups in total. The zero-order chi connectivity index (χ0) is 23.0. The average molecular weight is 457 g/mol. The van der Waals surface area contributed by atoms with Gasteiger partial charge in [0.25, 0.3) is 0 Å². The van der Waals surface area contributed by atoms with Gasteiger partial charge in [-0.2, -0.15) is 0 Å². The predicted octanol–water partition coefficient (Wildman–Crippen LogP) is 2.70. The summed E-state index contributed by atoms with van der Waals surface area (Å²) in [5, 5.41) is 19.1. The summed E-state index contributed by atoms with van der Waals surface area (Å²) in [7, 11) is -1.30. The zero-order valence-corrected chi connectivity index (χ0v) is 17.8. The fraction of sp³-hybridized carbons (Fsp3) is 0.211. The normalized spacial score (nSPS) is 11.1. The van der Waals surface area contributed by atoms with Gasteiger partial charge in [-0.15, -0.1) is 0 Å². The molecule has 0 saturated heterocycles. The van der Waals surface area contributed by atoms with Crippen molar-refractivity contribution in [3.63, 3.8) is 0 Å². The van der Waals surface area contributed by atoms with Crippen LogP contribution in [0.1, 0.15) is 42.2 Å². The molecule has 11 heteroatoms. The van der Waals surface area contributed by atoms with Crippen molar-refractivity contribution < 1.29 is 42.5 Å². The Morgan fingerprint density at radius 1 is 0.933 bits per heavy atom. The lowest BCUT2D eigenvalue weighted by atomic mass is 9.89. The van der Waals surface area contributed by atoms with Crippen molar-refractivity contribution in [2.75, 3.05) is 20.5 Å². The first-order valence-corrected chi connectivity index (χ1v) is 10.4. The van der Waals surface area contributed by atoms with Crippen molar-refractivity contribution in [2.45, 2.75) is 11.8 Å². The van der Waals surface area contributed by atoms with Crippen LogP contribution in [0.4, 0.5) is 0 Å². The number of aromatic carboxylic acids is 2. The van der Waals surface area contributed by atoms with E-state index in [1.54, 1.807) is 0 Å². The largest absolute Gasteiger partial charge is 0.495 e. The highest BCUT2D eigenvalue weighted by Crippen LogP contribution is 2.40. The number of carboxylic acid groups (broad SMARTS) is 2. The van der Waals surface area contributed by atoms with Crippen LogP contribution >= 0.6 is 11.6 Å². The van der Waals surface area contributed by atoms with Crippen molar-refractivity contribution in [3.8, 4) is 11.5 Å². The van der Waals surface area contributed by atoms with E-state index in [2.05, 4.69) is 0 Å². The number of benzene rings is 2. The second-order valence-corrected chi connectivity index (χ2v) is 8.59. The van der Waals surface area contributed by atoms with Crippen molar-refractivity contribution >= 4 is 39.2 Å². The molecule has 0 saturated carbocycles. The number of sulfone groups is 1. The highest BCUT2D eigenvalue weighted by atomic mass is 35.5. The number of hydrogen-bond acceptors (Lipinski definition) is 7. The monoisotopic (exact) mass is 456 g/mol. The van der Waals surface area contributed by atoms with E-state index in [4.69, 9.17) is 21.1 Å². The summed E-state index contributed by atoms with van der Waals surface area (Å²) in [5.74, 6) is -4.76. The Hall–Kier alpha value is -3.11. The average Bonchev–Trinajstić information content (AvgIpc) is 2.65. The van der Waals surface area contributed by atoms with Crippen molar-refractivity contribution in [2.24, 2.45) is 0 Å². The minimum atomic E-state index is -3.63. The van der Waals surface area contributed by atoms with Gasteiger partial charge in [-0.25, -0.2) is 18.0 Å². The quantitative estimate of drug-likeness (QED) is 0.600. The number of carbonyl (C=O) groups excluding carboxylic acids is 1. The molecule has 0 unspecified atom stereocenters. The van der Waals surface area contributed by atoms with E-state index in [0.29, 0.717) is 0 Å². The van der Waals surface area contributed by atoms with Gasteiger partial charge in [0, 0.05) is 17.4 Å². The molecule has 0 aliphatic rings. The van der Waals surface area contributed by atoms with Gasteiger partial charge in [-0.3, -0.25) is 4.79 Å². The summed E-state index contributed by atoms with van der Waals surface area (Å²) in [6.45, 7) is 1.39. The number of methoxy groups -OCH3 is 2. The summed E-state index contributed by atoms with van der Waals surface area (Å²) in [6.07, 6.45) is 0.945. The fourth-order valence-electron chi connectivity index (χ4n) is 3.02. The molecule has 0 heterocycles. The molecular weight excluding hydrogens is 440 g/mol. The Bertz CT molecular complexity index is 1140. The highest BCUT2D eigenvalue weighted by molar-refractivity contribution is 7.90. The maximum atomic E-state index is 13.3. The number of halogens is 1. The Labute approximate surface area is 176 Å². The third kappa shape index (κ3) is 3.96. The Morgan fingerprint density at radius 3 is 1.73 bits per heavy atom. The molecule has 0 atom stereocenters. The molecule has 30 heavy (non-hydrogen) atoms. The SMILES string of the molecule is COc1c(C)c(OC)c(C(=O)O)c(C(=O)c2ccc(S(C)(=O)=O)cc2Cl)c1C(=O)O. The van der Waals surface area contributed by atoms with Gasteiger partial charge in [0.05, 0.1) is 29.7 Å². The summed E-state index contributed by atoms with van der Waals surface area (Å²) in [5.41, 5.74) is -2.28. The number of rotatable bonds is 7. The molecule has 0 aliphatic heterocycles. The van der Waals surface area contributed by atoms with E-state index >= 15 is 0 Å². The molecule has 9 nitrogen and oxygen atoms in total. The molecule has 0 amide bonds. The fourth-order valence-corrected chi connectivity index (χ4v) is 4.00. The molecular formula is C19H17ClO9S. The number of carbonyl (C=O) groups is 3. The maximum absolute atomic E-state index is 13.3. The summed E-state index contributed by atoms with van der Waals surface area (Å²) in [6, 6.07) is 3.21. The van der Waals surface area contributed by atoms with Crippen molar-refractivity contribution in [1.82, 2.24) is 0 Å². The first-order chi connectivity index (χ1) is 13.9. The van der Waals surface area contributed by atoms with Crippen LogP contribution in [0.15, 0.2) is 23.1 Å². The van der Waals surface area contributed by atoms with Gasteiger partial charge in [0.2, 0.25) is 0 Å². The lowest BCUT2D eigenvalue weighted by Gasteiger charge is -2.19. The number of carboxylic acids is 2. The van der Waals surface area contributed by atoms with Crippen LogP contribution in [0.2, 0.25) is 5.02 Å². The second kappa shape index (κ2) is 8.33. The van der Waals surface area contributed by atoms with Crippen molar-refractivity contribution in [3.05, 3.63) is 51.0 Å². The predicted molar refractivity (Wildman–Crippen MR) is 106 cm³/mol. The van der Waals surface area contributed by atoms with Gasteiger partial charge in [-0.1, -0.05) is 11.6 Å². The minimum Gasteiger partial charge on any atom is -0.495 e. The maximum Gasteiger partial charge on any atom is 0.340 e.